The third-order valence-electron chi connectivity index (χ3n) is 3.93. The van der Waals surface area contributed by atoms with Crippen LogP contribution in [0.25, 0.3) is 0 Å². The smallest absolute Gasteiger partial charge is 0.310 e. The molecule has 0 saturated carbocycles. The summed E-state index contributed by atoms with van der Waals surface area (Å²) in [5.41, 5.74) is 3.40. The molecule has 3 heteroatoms. The molecule has 18 heavy (non-hydrogen) atoms. The molecule has 1 rings (SSSR count). The fraction of sp³-hybridized carbons (Fsp3) is 0.667. The lowest BCUT2D eigenvalue weighted by Crippen LogP contribution is -2.17. The lowest BCUT2D eigenvalue weighted by Gasteiger charge is -2.16. The highest BCUT2D eigenvalue weighted by Gasteiger charge is 2.24. The summed E-state index contributed by atoms with van der Waals surface area (Å²) in [7, 11) is 0. The molecule has 0 unspecified atom stereocenters. The number of carboxylic acid groups (broad SMARTS) is 1. The van der Waals surface area contributed by atoms with Crippen molar-refractivity contribution >= 4 is 5.97 Å². The maximum Gasteiger partial charge on any atom is 0.310 e. The Morgan fingerprint density at radius 3 is 2.72 bits per heavy atom. The summed E-state index contributed by atoms with van der Waals surface area (Å²) in [4.78, 5) is 11.4. The van der Waals surface area contributed by atoms with Crippen LogP contribution in [-0.2, 0) is 4.79 Å². The molecule has 1 aliphatic carbocycles. The summed E-state index contributed by atoms with van der Waals surface area (Å²) in [5.74, 6) is -0.737. The molecule has 0 aliphatic heterocycles. The summed E-state index contributed by atoms with van der Waals surface area (Å²) < 4.78 is 0. The summed E-state index contributed by atoms with van der Waals surface area (Å²) in [6, 6.07) is 0. The van der Waals surface area contributed by atoms with Crippen molar-refractivity contribution in [1.29, 1.82) is 0 Å². The second-order valence-electron chi connectivity index (χ2n) is 5.32. The van der Waals surface area contributed by atoms with Gasteiger partial charge in [0.1, 0.15) is 0 Å². The number of aliphatic carboxylic acids is 1. The zero-order valence-corrected chi connectivity index (χ0v) is 11.6. The van der Waals surface area contributed by atoms with E-state index in [0.29, 0.717) is 18.8 Å². The molecule has 0 radical (unpaired) electrons. The van der Waals surface area contributed by atoms with E-state index in [4.69, 9.17) is 5.11 Å². The minimum Gasteiger partial charge on any atom is -0.481 e. The molecule has 0 bridgehead atoms. The van der Waals surface area contributed by atoms with Crippen molar-refractivity contribution in [3.8, 4) is 0 Å². The third kappa shape index (κ3) is 3.70. The van der Waals surface area contributed by atoms with Crippen LogP contribution in [0.3, 0.4) is 0 Å². The fourth-order valence-electron chi connectivity index (χ4n) is 2.42. The lowest BCUT2D eigenvalue weighted by atomic mass is 9.89. The second kappa shape index (κ2) is 6.74. The first-order valence-electron chi connectivity index (χ1n) is 6.68. The summed E-state index contributed by atoms with van der Waals surface area (Å²) in [5, 5.41) is 18.3. The maximum absolute atomic E-state index is 11.4. The van der Waals surface area contributed by atoms with Crippen molar-refractivity contribution in [3.05, 3.63) is 22.8 Å². The molecule has 0 aromatic carbocycles. The molecule has 0 fully saturated rings. The van der Waals surface area contributed by atoms with Gasteiger partial charge in [-0.2, -0.15) is 0 Å². The number of rotatable bonds is 5. The topological polar surface area (TPSA) is 57.5 Å². The number of hydrogen-bond acceptors (Lipinski definition) is 2. The number of hydrogen-bond donors (Lipinski definition) is 2. The van der Waals surface area contributed by atoms with E-state index in [1.807, 2.05) is 6.92 Å². The maximum atomic E-state index is 11.4. The first kappa shape index (κ1) is 15.0. The van der Waals surface area contributed by atoms with Crippen molar-refractivity contribution in [2.75, 3.05) is 6.61 Å². The van der Waals surface area contributed by atoms with Crippen molar-refractivity contribution < 1.29 is 15.0 Å². The summed E-state index contributed by atoms with van der Waals surface area (Å²) >= 11 is 0. The first-order valence-corrected chi connectivity index (χ1v) is 6.68. The monoisotopic (exact) mass is 252 g/mol. The van der Waals surface area contributed by atoms with Gasteiger partial charge in [-0.15, -0.1) is 0 Å². The zero-order chi connectivity index (χ0) is 13.7. The number of carboxylic acids is 1. The Labute approximate surface area is 109 Å². The van der Waals surface area contributed by atoms with E-state index in [1.54, 1.807) is 0 Å². The van der Waals surface area contributed by atoms with Crippen molar-refractivity contribution in [1.82, 2.24) is 0 Å². The molecule has 0 aromatic rings. The number of aliphatic hydroxyl groups is 1. The molecule has 0 heterocycles. The Balaban J connectivity index is 3.02. The van der Waals surface area contributed by atoms with E-state index in [0.717, 1.165) is 18.4 Å². The van der Waals surface area contributed by atoms with Gasteiger partial charge in [-0.1, -0.05) is 24.1 Å². The van der Waals surface area contributed by atoms with Gasteiger partial charge < -0.3 is 10.2 Å². The zero-order valence-electron chi connectivity index (χ0n) is 11.6. The second-order valence-corrected chi connectivity index (χ2v) is 5.32. The molecule has 0 amide bonds. The van der Waals surface area contributed by atoms with Crippen LogP contribution in [0.2, 0.25) is 0 Å². The van der Waals surface area contributed by atoms with Crippen LogP contribution in [0.5, 0.6) is 0 Å². The molecule has 2 N–H and O–H groups in total. The minimum absolute atomic E-state index is 0.0508. The van der Waals surface area contributed by atoms with Gasteiger partial charge >= 0.3 is 5.97 Å². The van der Waals surface area contributed by atoms with Gasteiger partial charge in [0.25, 0.3) is 0 Å². The predicted octanol–water partition coefficient (Wildman–Crippen LogP) is 3.15. The van der Waals surface area contributed by atoms with E-state index < -0.39 is 11.9 Å². The average molecular weight is 252 g/mol. The Morgan fingerprint density at radius 1 is 1.50 bits per heavy atom. The number of allylic oxidation sites excluding steroid dienone is 3. The van der Waals surface area contributed by atoms with Crippen LogP contribution in [0.4, 0.5) is 0 Å². The molecule has 102 valence electrons. The molecule has 1 aliphatic rings. The van der Waals surface area contributed by atoms with Gasteiger partial charge in [0.05, 0.1) is 5.92 Å². The van der Waals surface area contributed by atoms with Gasteiger partial charge in [-0.3, -0.25) is 4.79 Å². The third-order valence-corrected chi connectivity index (χ3v) is 3.93. The Morgan fingerprint density at radius 2 is 2.17 bits per heavy atom. The van der Waals surface area contributed by atoms with Crippen LogP contribution in [0.1, 0.15) is 46.5 Å². The van der Waals surface area contributed by atoms with Crippen molar-refractivity contribution in [2.24, 2.45) is 11.8 Å². The standard InChI is InChI=1S/C15H24O3/c1-10-6-7-11(2)14(9-12(10)3)13(15(17)18)5-4-8-16/h9-10,13,16H,4-8H2,1-3H3,(H,17,18)/t10-,13+/m0/s1. The van der Waals surface area contributed by atoms with Gasteiger partial charge in [-0.25, -0.2) is 0 Å². The van der Waals surface area contributed by atoms with Gasteiger partial charge in [-0.05, 0) is 51.0 Å². The SMILES string of the molecule is CC1=CC([C@@H](CCCO)C(=O)O)=C(C)CC[C@@H]1C. The van der Waals surface area contributed by atoms with E-state index >= 15 is 0 Å². The quantitative estimate of drug-likeness (QED) is 0.790. The van der Waals surface area contributed by atoms with E-state index in [2.05, 4.69) is 19.9 Å². The molecule has 0 aromatic heterocycles. The summed E-state index contributed by atoms with van der Waals surface area (Å²) in [6.45, 7) is 6.35. The van der Waals surface area contributed by atoms with Gasteiger partial charge in [0.2, 0.25) is 0 Å². The van der Waals surface area contributed by atoms with Crippen molar-refractivity contribution in [2.45, 2.75) is 46.5 Å². The Hall–Kier alpha value is -1.09. The van der Waals surface area contributed by atoms with Gasteiger partial charge in [0, 0.05) is 6.61 Å². The highest BCUT2D eigenvalue weighted by molar-refractivity contribution is 5.75. The molecular formula is C15H24O3. The first-order chi connectivity index (χ1) is 8.47. The van der Waals surface area contributed by atoms with Crippen molar-refractivity contribution in [3.63, 3.8) is 0 Å². The predicted molar refractivity (Wildman–Crippen MR) is 72.3 cm³/mol. The normalized spacial score (nSPS) is 22.4. The Kier molecular flexibility index (Phi) is 5.60. The average Bonchev–Trinajstić information content (AvgIpc) is 2.44. The minimum atomic E-state index is -0.781. The highest BCUT2D eigenvalue weighted by Crippen LogP contribution is 2.32. The Bertz CT molecular complexity index is 366. The van der Waals surface area contributed by atoms with Crippen LogP contribution < -0.4 is 0 Å². The number of carbonyl (C=O) groups is 1. The van der Waals surface area contributed by atoms with E-state index in [-0.39, 0.29) is 6.61 Å². The largest absolute Gasteiger partial charge is 0.481 e. The number of aliphatic hydroxyl groups excluding tert-OH is 1. The van der Waals surface area contributed by atoms with E-state index in [1.165, 1.54) is 11.1 Å². The van der Waals surface area contributed by atoms with Crippen LogP contribution >= 0.6 is 0 Å². The molecule has 3 nitrogen and oxygen atoms in total. The van der Waals surface area contributed by atoms with Crippen LogP contribution in [-0.4, -0.2) is 22.8 Å². The van der Waals surface area contributed by atoms with Crippen LogP contribution in [0.15, 0.2) is 22.8 Å². The fourth-order valence-corrected chi connectivity index (χ4v) is 2.42. The van der Waals surface area contributed by atoms with E-state index in [9.17, 15) is 9.90 Å². The highest BCUT2D eigenvalue weighted by atomic mass is 16.4. The lowest BCUT2D eigenvalue weighted by molar-refractivity contribution is -0.140. The molecular weight excluding hydrogens is 228 g/mol. The molecule has 0 saturated heterocycles. The molecule has 2 atom stereocenters. The van der Waals surface area contributed by atoms with Gasteiger partial charge in [0.15, 0.2) is 0 Å². The molecule has 0 spiro atoms. The van der Waals surface area contributed by atoms with Crippen LogP contribution in [0, 0.1) is 11.8 Å². The summed E-state index contributed by atoms with van der Waals surface area (Å²) in [6.07, 6.45) is 5.16.